The Balaban J connectivity index is 0.00000144. The maximum atomic E-state index is 11.6. The van der Waals surface area contributed by atoms with E-state index in [2.05, 4.69) is 4.98 Å². The fourth-order valence-corrected chi connectivity index (χ4v) is 1.61. The minimum absolute atomic E-state index is 0. The van der Waals surface area contributed by atoms with Crippen LogP contribution in [0, 0.1) is 0 Å². The summed E-state index contributed by atoms with van der Waals surface area (Å²) in [7, 11) is 0. The number of nitrogens with zero attached hydrogens (tertiary/aromatic N) is 2. The highest BCUT2D eigenvalue weighted by Crippen LogP contribution is 2.10. The number of pyridine rings is 1. The molecule has 1 aliphatic heterocycles. The number of halogens is 1. The maximum Gasteiger partial charge on any atom is 0.253 e. The molecule has 0 aromatic carbocycles. The van der Waals surface area contributed by atoms with Crippen LogP contribution in [0.3, 0.4) is 0 Å². The Bertz CT molecular complexity index is 431. The van der Waals surface area contributed by atoms with Gasteiger partial charge in [-0.05, 0) is 24.1 Å². The molecular weight excluding hydrogens is 240 g/mol. The molecule has 1 saturated heterocycles. The van der Waals surface area contributed by atoms with Gasteiger partial charge in [0.05, 0.1) is 0 Å². The molecule has 1 fully saturated rings. The molecule has 5 heteroatoms. The molecule has 90 valence electrons. The summed E-state index contributed by atoms with van der Waals surface area (Å²) < 4.78 is 0. The summed E-state index contributed by atoms with van der Waals surface area (Å²) in [6.07, 6.45) is 7.66. The van der Waals surface area contributed by atoms with E-state index in [4.69, 9.17) is 0 Å². The van der Waals surface area contributed by atoms with E-state index in [9.17, 15) is 9.59 Å². The molecule has 2 rings (SSSR count). The van der Waals surface area contributed by atoms with E-state index in [-0.39, 0.29) is 24.2 Å². The lowest BCUT2D eigenvalue weighted by molar-refractivity contribution is -0.138. The third-order valence-corrected chi connectivity index (χ3v) is 2.44. The first-order chi connectivity index (χ1) is 7.77. The van der Waals surface area contributed by atoms with Crippen LogP contribution < -0.4 is 0 Å². The van der Waals surface area contributed by atoms with E-state index in [0.717, 1.165) is 12.0 Å². The van der Waals surface area contributed by atoms with Crippen molar-refractivity contribution in [1.82, 2.24) is 9.88 Å². The van der Waals surface area contributed by atoms with Crippen LogP contribution in [0.25, 0.3) is 6.08 Å². The molecule has 0 spiro atoms. The lowest BCUT2D eigenvalue weighted by Gasteiger charge is -2.09. The number of amides is 2. The van der Waals surface area contributed by atoms with Crippen LogP contribution in [0.15, 0.2) is 30.6 Å². The highest BCUT2D eigenvalue weighted by Gasteiger charge is 2.24. The maximum absolute atomic E-state index is 11.6. The SMILES string of the molecule is Cl.O=C(C=Cc1cccnc1)N1CCCC1=O. The van der Waals surface area contributed by atoms with Crippen molar-refractivity contribution in [1.29, 1.82) is 0 Å². The van der Waals surface area contributed by atoms with Crippen LogP contribution >= 0.6 is 12.4 Å². The van der Waals surface area contributed by atoms with Crippen molar-refractivity contribution in [3.63, 3.8) is 0 Å². The molecule has 1 aliphatic rings. The van der Waals surface area contributed by atoms with Gasteiger partial charge in [0, 0.05) is 31.4 Å². The van der Waals surface area contributed by atoms with Crippen molar-refractivity contribution in [2.45, 2.75) is 12.8 Å². The third kappa shape index (κ3) is 3.39. The Kier molecular flexibility index (Phi) is 4.84. The highest BCUT2D eigenvalue weighted by molar-refractivity contribution is 6.03. The summed E-state index contributed by atoms with van der Waals surface area (Å²) in [6.45, 7) is 0.537. The summed E-state index contributed by atoms with van der Waals surface area (Å²) in [5.41, 5.74) is 0.850. The Hall–Kier alpha value is -1.68. The monoisotopic (exact) mass is 252 g/mol. The van der Waals surface area contributed by atoms with Crippen molar-refractivity contribution in [2.75, 3.05) is 6.54 Å². The second-order valence-corrected chi connectivity index (χ2v) is 3.61. The van der Waals surface area contributed by atoms with E-state index >= 15 is 0 Å². The molecule has 0 bridgehead atoms. The van der Waals surface area contributed by atoms with Crippen molar-refractivity contribution in [3.05, 3.63) is 36.2 Å². The topological polar surface area (TPSA) is 50.3 Å². The van der Waals surface area contributed by atoms with E-state index in [1.165, 1.54) is 11.0 Å². The van der Waals surface area contributed by atoms with Gasteiger partial charge < -0.3 is 0 Å². The predicted octanol–water partition coefficient (Wildman–Crippen LogP) is 1.67. The van der Waals surface area contributed by atoms with Crippen LogP contribution in [0.1, 0.15) is 18.4 Å². The largest absolute Gasteiger partial charge is 0.279 e. The number of carbonyl (C=O) groups excluding carboxylic acids is 2. The quantitative estimate of drug-likeness (QED) is 0.753. The number of hydrogen-bond acceptors (Lipinski definition) is 3. The average molecular weight is 253 g/mol. The van der Waals surface area contributed by atoms with Crippen LogP contribution in [0.5, 0.6) is 0 Å². The molecule has 0 N–H and O–H groups in total. The molecule has 0 radical (unpaired) electrons. The molecule has 2 heterocycles. The van der Waals surface area contributed by atoms with E-state index < -0.39 is 0 Å². The Labute approximate surface area is 106 Å². The Morgan fingerprint density at radius 1 is 1.47 bits per heavy atom. The zero-order valence-corrected chi connectivity index (χ0v) is 10.0. The summed E-state index contributed by atoms with van der Waals surface area (Å²) in [5.74, 6) is -0.327. The smallest absolute Gasteiger partial charge is 0.253 e. The zero-order chi connectivity index (χ0) is 11.4. The van der Waals surface area contributed by atoms with Crippen molar-refractivity contribution in [2.24, 2.45) is 0 Å². The van der Waals surface area contributed by atoms with E-state index in [1.807, 2.05) is 6.07 Å². The van der Waals surface area contributed by atoms with Gasteiger partial charge in [-0.2, -0.15) is 0 Å². The summed E-state index contributed by atoms with van der Waals surface area (Å²) in [4.78, 5) is 28.1. The molecule has 4 nitrogen and oxygen atoms in total. The second-order valence-electron chi connectivity index (χ2n) is 3.61. The number of likely N-dealkylation sites (tertiary alicyclic amines) is 1. The number of hydrogen-bond donors (Lipinski definition) is 0. The minimum atomic E-state index is -0.244. The Morgan fingerprint density at radius 2 is 2.29 bits per heavy atom. The van der Waals surface area contributed by atoms with E-state index in [0.29, 0.717) is 13.0 Å². The first-order valence-corrected chi connectivity index (χ1v) is 5.20. The summed E-state index contributed by atoms with van der Waals surface area (Å²) >= 11 is 0. The lowest BCUT2D eigenvalue weighted by atomic mass is 10.2. The first-order valence-electron chi connectivity index (χ1n) is 5.20. The molecule has 1 aromatic heterocycles. The van der Waals surface area contributed by atoms with Crippen LogP contribution in [0.2, 0.25) is 0 Å². The predicted molar refractivity (Wildman–Crippen MR) is 66.5 cm³/mol. The number of imide groups is 1. The van der Waals surface area contributed by atoms with E-state index in [1.54, 1.807) is 24.5 Å². The molecule has 0 saturated carbocycles. The average Bonchev–Trinajstić information content (AvgIpc) is 2.74. The van der Waals surface area contributed by atoms with Gasteiger partial charge in [-0.25, -0.2) is 0 Å². The van der Waals surface area contributed by atoms with Gasteiger partial charge in [0.2, 0.25) is 5.91 Å². The van der Waals surface area contributed by atoms with Crippen LogP contribution in [-0.4, -0.2) is 28.2 Å². The second kappa shape index (κ2) is 6.15. The lowest BCUT2D eigenvalue weighted by Crippen LogP contribution is -2.30. The number of rotatable bonds is 2. The normalized spacial score (nSPS) is 15.1. The molecule has 2 amide bonds. The van der Waals surface area contributed by atoms with Gasteiger partial charge >= 0.3 is 0 Å². The van der Waals surface area contributed by atoms with Gasteiger partial charge in [-0.1, -0.05) is 6.07 Å². The van der Waals surface area contributed by atoms with Gasteiger partial charge in [0.15, 0.2) is 0 Å². The van der Waals surface area contributed by atoms with Crippen molar-refractivity contribution in [3.8, 4) is 0 Å². The molecule has 0 unspecified atom stereocenters. The summed E-state index contributed by atoms with van der Waals surface area (Å²) in [5, 5.41) is 0. The van der Waals surface area contributed by atoms with Crippen molar-refractivity contribution < 1.29 is 9.59 Å². The molecule has 0 atom stereocenters. The van der Waals surface area contributed by atoms with Gasteiger partial charge in [0.1, 0.15) is 0 Å². The first kappa shape index (κ1) is 13.4. The highest BCUT2D eigenvalue weighted by atomic mass is 35.5. The number of aromatic nitrogens is 1. The molecule has 17 heavy (non-hydrogen) atoms. The fraction of sp³-hybridized carbons (Fsp3) is 0.250. The molecule has 0 aliphatic carbocycles. The minimum Gasteiger partial charge on any atom is -0.279 e. The molecule has 1 aromatic rings. The third-order valence-electron chi connectivity index (χ3n) is 2.44. The number of carbonyl (C=O) groups is 2. The molecular formula is C12H13ClN2O2. The van der Waals surface area contributed by atoms with Crippen molar-refractivity contribution >= 4 is 30.3 Å². The van der Waals surface area contributed by atoms with Gasteiger partial charge in [-0.15, -0.1) is 12.4 Å². The fourth-order valence-electron chi connectivity index (χ4n) is 1.61. The van der Waals surface area contributed by atoms with Gasteiger partial charge in [0.25, 0.3) is 5.91 Å². The van der Waals surface area contributed by atoms with Gasteiger partial charge in [-0.3, -0.25) is 19.5 Å². The zero-order valence-electron chi connectivity index (χ0n) is 9.20. The standard InChI is InChI=1S/C12H12N2O2.ClH/c15-11-4-2-8-14(11)12(16)6-5-10-3-1-7-13-9-10;/h1,3,5-7,9H,2,4,8H2;1H. The summed E-state index contributed by atoms with van der Waals surface area (Å²) in [6, 6.07) is 3.65. The van der Waals surface area contributed by atoms with Crippen LogP contribution in [0.4, 0.5) is 0 Å². The van der Waals surface area contributed by atoms with Crippen LogP contribution in [-0.2, 0) is 9.59 Å². The Morgan fingerprint density at radius 3 is 2.88 bits per heavy atom.